The molecule has 2 aromatic carbocycles. The van der Waals surface area contributed by atoms with Crippen LogP contribution in [0.4, 0.5) is 8.78 Å². The number of hydrogen-bond donors (Lipinski definition) is 0. The van der Waals surface area contributed by atoms with Crippen molar-refractivity contribution in [2.75, 3.05) is 0 Å². The third-order valence-electron chi connectivity index (χ3n) is 4.32. The van der Waals surface area contributed by atoms with Crippen molar-refractivity contribution in [2.45, 2.75) is 13.5 Å². The van der Waals surface area contributed by atoms with Gasteiger partial charge in [-0.3, -0.25) is 4.40 Å². The lowest BCUT2D eigenvalue weighted by Crippen LogP contribution is -2.03. The maximum Gasteiger partial charge on any atom is 0.180 e. The first kappa shape index (κ1) is 17.7. The summed E-state index contributed by atoms with van der Waals surface area (Å²) in [7, 11) is 0. The molecule has 4 rings (SSSR count). The molecule has 0 fully saturated rings. The smallest absolute Gasteiger partial charge is 0.180 e. The van der Waals surface area contributed by atoms with Crippen molar-refractivity contribution in [2.24, 2.45) is 0 Å². The van der Waals surface area contributed by atoms with E-state index < -0.39 is 11.6 Å². The molecule has 6 heteroatoms. The summed E-state index contributed by atoms with van der Waals surface area (Å²) in [6.45, 7) is 1.71. The monoisotopic (exact) mass is 428 g/mol. The van der Waals surface area contributed by atoms with Crippen molar-refractivity contribution in [1.29, 1.82) is 0 Å². The van der Waals surface area contributed by atoms with Crippen LogP contribution in [0.25, 0.3) is 16.9 Å². The average Bonchev–Trinajstić information content (AvgIpc) is 2.98. The second-order valence-electron chi connectivity index (χ2n) is 6.11. The van der Waals surface area contributed by atoms with Crippen molar-refractivity contribution in [1.82, 2.24) is 9.38 Å². The van der Waals surface area contributed by atoms with Gasteiger partial charge in [-0.25, -0.2) is 13.8 Å². The molecule has 2 aromatic heterocycles. The Balaban J connectivity index is 1.74. The molecule has 4 aromatic rings. The van der Waals surface area contributed by atoms with Gasteiger partial charge in [0.05, 0.1) is 17.0 Å². The number of pyridine rings is 1. The Kier molecular flexibility index (Phi) is 4.66. The highest BCUT2D eigenvalue weighted by molar-refractivity contribution is 9.10. The first-order valence-electron chi connectivity index (χ1n) is 8.34. The topological polar surface area (TPSA) is 26.5 Å². The molecule has 27 heavy (non-hydrogen) atoms. The number of benzene rings is 2. The summed E-state index contributed by atoms with van der Waals surface area (Å²) in [5.74, 6) is -0.794. The highest BCUT2D eigenvalue weighted by atomic mass is 79.9. The second-order valence-corrected chi connectivity index (χ2v) is 7.03. The van der Waals surface area contributed by atoms with Crippen molar-refractivity contribution in [3.63, 3.8) is 0 Å². The Labute approximate surface area is 163 Å². The molecular weight excluding hydrogens is 414 g/mol. The molecule has 2 heterocycles. The fourth-order valence-corrected chi connectivity index (χ4v) is 3.47. The zero-order valence-corrected chi connectivity index (χ0v) is 16.0. The van der Waals surface area contributed by atoms with E-state index in [2.05, 4.69) is 20.9 Å². The highest BCUT2D eigenvalue weighted by Gasteiger charge is 2.16. The van der Waals surface area contributed by atoms with Gasteiger partial charge in [0, 0.05) is 16.2 Å². The third-order valence-corrected chi connectivity index (χ3v) is 4.81. The molecule has 0 saturated carbocycles. The highest BCUT2D eigenvalue weighted by Crippen LogP contribution is 2.31. The number of fused-ring (bicyclic) bond motifs is 1. The summed E-state index contributed by atoms with van der Waals surface area (Å²) in [6.07, 6.45) is 1.89. The quantitative estimate of drug-likeness (QED) is 0.402. The minimum absolute atomic E-state index is 0.102. The average molecular weight is 429 g/mol. The Morgan fingerprint density at radius 3 is 2.52 bits per heavy atom. The number of aryl methyl sites for hydroxylation is 1. The first-order valence-corrected chi connectivity index (χ1v) is 9.13. The summed E-state index contributed by atoms with van der Waals surface area (Å²) in [4.78, 5) is 4.61. The lowest BCUT2D eigenvalue weighted by Gasteiger charge is -2.10. The summed E-state index contributed by atoms with van der Waals surface area (Å²) in [5, 5.41) is 0. The molecule has 0 amide bonds. The molecule has 136 valence electrons. The largest absolute Gasteiger partial charge is 0.485 e. The lowest BCUT2D eigenvalue weighted by atomic mass is 10.1. The Hall–Kier alpha value is -2.73. The zero-order valence-electron chi connectivity index (χ0n) is 14.4. The van der Waals surface area contributed by atoms with Crippen LogP contribution >= 0.6 is 15.9 Å². The molecule has 0 saturated heterocycles. The maximum absolute atomic E-state index is 13.8. The number of ether oxygens (including phenoxy) is 1. The van der Waals surface area contributed by atoms with E-state index in [0.29, 0.717) is 11.4 Å². The van der Waals surface area contributed by atoms with Gasteiger partial charge < -0.3 is 4.74 Å². The van der Waals surface area contributed by atoms with Crippen LogP contribution in [0, 0.1) is 18.6 Å². The van der Waals surface area contributed by atoms with Crippen LogP contribution in [0.3, 0.4) is 0 Å². The maximum atomic E-state index is 13.8. The molecule has 0 N–H and O–H groups in total. The number of rotatable bonds is 4. The fourth-order valence-electron chi connectivity index (χ4n) is 3.07. The van der Waals surface area contributed by atoms with Crippen molar-refractivity contribution in [3.8, 4) is 17.0 Å². The number of nitrogens with zero attached hydrogens (tertiary/aromatic N) is 2. The lowest BCUT2D eigenvalue weighted by molar-refractivity contribution is 0.294. The van der Waals surface area contributed by atoms with Crippen LogP contribution < -0.4 is 4.74 Å². The van der Waals surface area contributed by atoms with E-state index in [0.717, 1.165) is 21.4 Å². The van der Waals surface area contributed by atoms with Gasteiger partial charge in [0.25, 0.3) is 0 Å². The molecule has 0 atom stereocenters. The third kappa shape index (κ3) is 3.32. The fraction of sp³-hybridized carbons (Fsp3) is 0.0952. The molecule has 0 spiro atoms. The molecule has 0 aliphatic carbocycles. The van der Waals surface area contributed by atoms with Crippen molar-refractivity contribution >= 4 is 21.6 Å². The molecule has 3 nitrogen and oxygen atoms in total. The van der Waals surface area contributed by atoms with Crippen LogP contribution in [0.5, 0.6) is 5.75 Å². The minimum atomic E-state index is -0.628. The standard InChI is InChI=1S/C21H15BrF2N2O/c1-13-20(14-5-2-6-15(22)11-14)26-10-4-9-19(21(26)25-13)27-12-16-17(23)7-3-8-18(16)24/h2-11H,12H2,1H3. The molecule has 0 bridgehead atoms. The van der Waals surface area contributed by atoms with E-state index >= 15 is 0 Å². The summed E-state index contributed by atoms with van der Waals surface area (Å²) in [5.41, 5.74) is 3.28. The van der Waals surface area contributed by atoms with Gasteiger partial charge in [-0.1, -0.05) is 34.1 Å². The molecule has 0 aliphatic rings. The van der Waals surface area contributed by atoms with Gasteiger partial charge in [0.2, 0.25) is 0 Å². The molecule has 0 radical (unpaired) electrons. The minimum Gasteiger partial charge on any atom is -0.485 e. The Bertz CT molecular complexity index is 1120. The van der Waals surface area contributed by atoms with E-state index in [1.54, 1.807) is 6.07 Å². The van der Waals surface area contributed by atoms with Gasteiger partial charge in [0.15, 0.2) is 11.4 Å². The molecular formula is C21H15BrF2N2O. The molecule has 0 unspecified atom stereocenters. The Morgan fingerprint density at radius 1 is 1.04 bits per heavy atom. The number of halogens is 3. The predicted octanol–water partition coefficient (Wildman–Crippen LogP) is 5.93. The van der Waals surface area contributed by atoms with Gasteiger partial charge in [-0.15, -0.1) is 0 Å². The van der Waals surface area contributed by atoms with Crippen LogP contribution in [-0.2, 0) is 6.61 Å². The van der Waals surface area contributed by atoms with Gasteiger partial charge in [-0.05, 0) is 43.3 Å². The van der Waals surface area contributed by atoms with Gasteiger partial charge in [-0.2, -0.15) is 0 Å². The van der Waals surface area contributed by atoms with Crippen molar-refractivity contribution in [3.05, 3.63) is 88.2 Å². The summed E-state index contributed by atoms with van der Waals surface area (Å²) >= 11 is 3.49. The van der Waals surface area contributed by atoms with Crippen LogP contribution in [0.2, 0.25) is 0 Å². The molecule has 0 aliphatic heterocycles. The van der Waals surface area contributed by atoms with Gasteiger partial charge in [0.1, 0.15) is 18.2 Å². The van der Waals surface area contributed by atoms with Crippen molar-refractivity contribution < 1.29 is 13.5 Å². The second kappa shape index (κ2) is 7.12. The predicted molar refractivity (Wildman–Crippen MR) is 104 cm³/mol. The van der Waals surface area contributed by atoms with Crippen LogP contribution in [0.1, 0.15) is 11.3 Å². The first-order chi connectivity index (χ1) is 13.0. The van der Waals surface area contributed by atoms with E-state index in [-0.39, 0.29) is 12.2 Å². The van der Waals surface area contributed by atoms with E-state index in [4.69, 9.17) is 4.74 Å². The number of aromatic nitrogens is 2. The van der Waals surface area contributed by atoms with E-state index in [1.165, 1.54) is 18.2 Å². The number of hydrogen-bond acceptors (Lipinski definition) is 2. The number of imidazole rings is 1. The van der Waals surface area contributed by atoms with Gasteiger partial charge >= 0.3 is 0 Å². The zero-order chi connectivity index (χ0) is 19.0. The van der Waals surface area contributed by atoms with Crippen LogP contribution in [-0.4, -0.2) is 9.38 Å². The summed E-state index contributed by atoms with van der Waals surface area (Å²) in [6, 6.07) is 15.3. The SMILES string of the molecule is Cc1nc2c(OCc3c(F)cccc3F)cccn2c1-c1cccc(Br)c1. The van der Waals surface area contributed by atoms with E-state index in [1.807, 2.05) is 47.9 Å². The Morgan fingerprint density at radius 2 is 1.78 bits per heavy atom. The van der Waals surface area contributed by atoms with E-state index in [9.17, 15) is 8.78 Å². The normalized spacial score (nSPS) is 11.1. The van der Waals surface area contributed by atoms with Crippen LogP contribution in [0.15, 0.2) is 65.3 Å². The summed E-state index contributed by atoms with van der Waals surface area (Å²) < 4.78 is 36.3.